The van der Waals surface area contributed by atoms with Crippen LogP contribution in [0.1, 0.15) is 23.4 Å². The van der Waals surface area contributed by atoms with Gasteiger partial charge in [-0.2, -0.15) is 0 Å². The Kier molecular flexibility index (Phi) is 7.49. The van der Waals surface area contributed by atoms with Crippen LogP contribution in [0.4, 0.5) is 0 Å². The van der Waals surface area contributed by atoms with Gasteiger partial charge in [0, 0.05) is 28.6 Å². The van der Waals surface area contributed by atoms with Gasteiger partial charge in [-0.25, -0.2) is 4.98 Å². The number of aryl methyl sites for hydroxylation is 2. The third-order valence-corrected chi connectivity index (χ3v) is 4.87. The number of benzene rings is 2. The lowest BCUT2D eigenvalue weighted by Crippen LogP contribution is -2.28. The highest BCUT2D eigenvalue weighted by atomic mass is 35.5. The molecule has 8 heteroatoms. The van der Waals surface area contributed by atoms with Crippen molar-refractivity contribution >= 4 is 35.1 Å². The van der Waals surface area contributed by atoms with E-state index in [0.717, 1.165) is 11.1 Å². The second-order valence-corrected chi connectivity index (χ2v) is 7.50. The molecule has 1 amide bonds. The van der Waals surface area contributed by atoms with Crippen molar-refractivity contribution in [3.8, 4) is 11.3 Å². The number of carbonyl (C=O) groups is 2. The summed E-state index contributed by atoms with van der Waals surface area (Å²) in [6.45, 7) is 1.85. The molecule has 0 unspecified atom stereocenters. The minimum absolute atomic E-state index is 0.0597. The van der Waals surface area contributed by atoms with Crippen molar-refractivity contribution in [2.45, 2.75) is 26.3 Å². The molecule has 1 heterocycles. The van der Waals surface area contributed by atoms with E-state index in [1.807, 2.05) is 31.2 Å². The van der Waals surface area contributed by atoms with Gasteiger partial charge in [0.2, 0.25) is 0 Å². The standard InChI is InChI=1S/C22H20Cl2N2O4/c1-14-2-4-15(5-3-14)19-12-26-21(30-19)8-9-22(28)29-13-20(27)25-11-16-6-7-17(23)10-18(16)24/h2-7,10,12H,8-9,11,13H2,1H3,(H,25,27). The highest BCUT2D eigenvalue weighted by Gasteiger charge is 2.12. The summed E-state index contributed by atoms with van der Waals surface area (Å²) in [6, 6.07) is 12.9. The molecule has 1 N–H and O–H groups in total. The number of carbonyl (C=O) groups excluding carboxylic acids is 2. The first-order valence-electron chi connectivity index (χ1n) is 9.28. The van der Waals surface area contributed by atoms with Crippen LogP contribution in [0.5, 0.6) is 0 Å². The molecule has 0 radical (unpaired) electrons. The van der Waals surface area contributed by atoms with Crippen molar-refractivity contribution in [3.63, 3.8) is 0 Å². The van der Waals surface area contributed by atoms with Gasteiger partial charge >= 0.3 is 5.97 Å². The number of hydrogen-bond acceptors (Lipinski definition) is 5. The first-order valence-corrected chi connectivity index (χ1v) is 10.0. The largest absolute Gasteiger partial charge is 0.456 e. The molecule has 0 aliphatic carbocycles. The van der Waals surface area contributed by atoms with Crippen LogP contribution in [0.3, 0.4) is 0 Å². The maximum absolute atomic E-state index is 11.9. The lowest BCUT2D eigenvalue weighted by atomic mass is 10.1. The highest BCUT2D eigenvalue weighted by Crippen LogP contribution is 2.22. The fourth-order valence-corrected chi connectivity index (χ4v) is 3.09. The topological polar surface area (TPSA) is 81.4 Å². The molecular weight excluding hydrogens is 427 g/mol. The van der Waals surface area contributed by atoms with Gasteiger partial charge < -0.3 is 14.5 Å². The first-order chi connectivity index (χ1) is 14.4. The maximum Gasteiger partial charge on any atom is 0.306 e. The molecular formula is C22H20Cl2N2O4. The van der Waals surface area contributed by atoms with Gasteiger partial charge in [-0.1, -0.05) is 59.1 Å². The molecule has 0 atom stereocenters. The van der Waals surface area contributed by atoms with Gasteiger partial charge in [0.25, 0.3) is 5.91 Å². The summed E-state index contributed by atoms with van der Waals surface area (Å²) >= 11 is 11.9. The van der Waals surface area contributed by atoms with Crippen LogP contribution < -0.4 is 5.32 Å². The molecule has 6 nitrogen and oxygen atoms in total. The lowest BCUT2D eigenvalue weighted by molar-refractivity contribution is -0.148. The summed E-state index contributed by atoms with van der Waals surface area (Å²) in [5.74, 6) is 0.139. The van der Waals surface area contributed by atoms with Crippen LogP contribution in [0.15, 0.2) is 53.1 Å². The van der Waals surface area contributed by atoms with E-state index in [0.29, 0.717) is 27.3 Å². The fourth-order valence-electron chi connectivity index (χ4n) is 2.61. The van der Waals surface area contributed by atoms with Gasteiger partial charge in [0.05, 0.1) is 12.6 Å². The SMILES string of the molecule is Cc1ccc(-c2cnc(CCC(=O)OCC(=O)NCc3ccc(Cl)cc3Cl)o2)cc1. The van der Waals surface area contributed by atoms with Crippen molar-refractivity contribution in [1.82, 2.24) is 10.3 Å². The maximum atomic E-state index is 11.9. The van der Waals surface area contributed by atoms with Crippen molar-refractivity contribution in [3.05, 3.63) is 75.7 Å². The molecule has 3 rings (SSSR count). The van der Waals surface area contributed by atoms with Gasteiger partial charge in [-0.05, 0) is 24.6 Å². The van der Waals surface area contributed by atoms with Crippen LogP contribution in [0.25, 0.3) is 11.3 Å². The lowest BCUT2D eigenvalue weighted by Gasteiger charge is -2.08. The number of esters is 1. The quantitative estimate of drug-likeness (QED) is 0.504. The number of hydrogen-bond donors (Lipinski definition) is 1. The summed E-state index contributed by atoms with van der Waals surface area (Å²) in [5.41, 5.74) is 2.79. The van der Waals surface area contributed by atoms with Crippen molar-refractivity contribution in [2.24, 2.45) is 0 Å². The Morgan fingerprint density at radius 3 is 2.63 bits per heavy atom. The Morgan fingerprint density at radius 2 is 1.90 bits per heavy atom. The third-order valence-electron chi connectivity index (χ3n) is 4.29. The van der Waals surface area contributed by atoms with Gasteiger partial charge in [-0.3, -0.25) is 9.59 Å². The number of rotatable bonds is 8. The number of nitrogens with zero attached hydrogens (tertiary/aromatic N) is 1. The second-order valence-electron chi connectivity index (χ2n) is 6.66. The van der Waals surface area contributed by atoms with Crippen LogP contribution >= 0.6 is 23.2 Å². The number of nitrogens with one attached hydrogen (secondary N) is 1. The fraction of sp³-hybridized carbons (Fsp3) is 0.227. The smallest absolute Gasteiger partial charge is 0.306 e. The summed E-state index contributed by atoms with van der Waals surface area (Å²) < 4.78 is 10.7. The molecule has 0 aliphatic rings. The zero-order valence-electron chi connectivity index (χ0n) is 16.3. The normalized spacial score (nSPS) is 10.6. The Hall–Kier alpha value is -2.83. The van der Waals surface area contributed by atoms with E-state index in [1.165, 1.54) is 0 Å². The van der Waals surface area contributed by atoms with Gasteiger partial charge in [-0.15, -0.1) is 0 Å². The van der Waals surface area contributed by atoms with E-state index in [2.05, 4.69) is 10.3 Å². The number of oxazole rings is 1. The number of aromatic nitrogens is 1. The Balaban J connectivity index is 1.39. The van der Waals surface area contributed by atoms with Crippen LogP contribution in [0.2, 0.25) is 10.0 Å². The summed E-state index contributed by atoms with van der Waals surface area (Å²) in [7, 11) is 0. The monoisotopic (exact) mass is 446 g/mol. The molecule has 1 aromatic heterocycles. The molecule has 0 bridgehead atoms. The highest BCUT2D eigenvalue weighted by molar-refractivity contribution is 6.35. The predicted octanol–water partition coefficient (Wildman–Crippen LogP) is 4.75. The second kappa shape index (κ2) is 10.3. The Bertz CT molecular complexity index is 1030. The Morgan fingerprint density at radius 1 is 1.13 bits per heavy atom. The number of halogens is 2. The van der Waals surface area contributed by atoms with Crippen molar-refractivity contribution in [1.29, 1.82) is 0 Å². The molecule has 0 saturated carbocycles. The van der Waals surface area contributed by atoms with E-state index in [1.54, 1.807) is 24.4 Å². The van der Waals surface area contributed by atoms with Crippen LogP contribution in [-0.4, -0.2) is 23.5 Å². The molecule has 0 fully saturated rings. The zero-order valence-corrected chi connectivity index (χ0v) is 17.8. The number of amides is 1. The molecule has 30 heavy (non-hydrogen) atoms. The average Bonchev–Trinajstić information content (AvgIpc) is 3.19. The number of ether oxygens (including phenoxy) is 1. The minimum atomic E-state index is -0.509. The van der Waals surface area contributed by atoms with E-state index < -0.39 is 11.9 Å². The molecule has 3 aromatic rings. The van der Waals surface area contributed by atoms with Crippen molar-refractivity contribution in [2.75, 3.05) is 6.61 Å². The predicted molar refractivity (Wildman–Crippen MR) is 114 cm³/mol. The molecule has 0 saturated heterocycles. The van der Waals surface area contributed by atoms with Crippen LogP contribution in [-0.2, 0) is 27.3 Å². The summed E-state index contributed by atoms with van der Waals surface area (Å²) in [6.07, 6.45) is 1.97. The summed E-state index contributed by atoms with van der Waals surface area (Å²) in [4.78, 5) is 27.9. The Labute approximate surface area is 184 Å². The van der Waals surface area contributed by atoms with E-state index >= 15 is 0 Å². The molecule has 0 spiro atoms. The van der Waals surface area contributed by atoms with E-state index in [-0.39, 0.29) is 26.0 Å². The first kappa shape index (κ1) is 21.9. The zero-order chi connectivity index (χ0) is 21.5. The summed E-state index contributed by atoms with van der Waals surface area (Å²) in [5, 5.41) is 3.61. The third kappa shape index (κ3) is 6.34. The van der Waals surface area contributed by atoms with Crippen LogP contribution in [0, 0.1) is 6.92 Å². The molecule has 156 valence electrons. The minimum Gasteiger partial charge on any atom is -0.456 e. The average molecular weight is 447 g/mol. The van der Waals surface area contributed by atoms with Crippen molar-refractivity contribution < 1.29 is 18.7 Å². The molecule has 2 aromatic carbocycles. The van der Waals surface area contributed by atoms with E-state index in [4.69, 9.17) is 32.4 Å². The van der Waals surface area contributed by atoms with Gasteiger partial charge in [0.1, 0.15) is 0 Å². The van der Waals surface area contributed by atoms with E-state index in [9.17, 15) is 9.59 Å². The van der Waals surface area contributed by atoms with Gasteiger partial charge in [0.15, 0.2) is 18.3 Å². The molecule has 0 aliphatic heterocycles.